The fourth-order valence-electron chi connectivity index (χ4n) is 1.19. The van der Waals surface area contributed by atoms with Crippen molar-refractivity contribution >= 4 is 10.0 Å². The molecule has 7 heteroatoms. The number of aliphatic hydroxyl groups excluding tert-OH is 3. The average Bonchev–Trinajstić information content (AvgIpc) is 2.37. The van der Waals surface area contributed by atoms with Gasteiger partial charge in [0.2, 0.25) is 10.0 Å². The fourth-order valence-corrected chi connectivity index (χ4v) is 2.59. The lowest BCUT2D eigenvalue weighted by molar-refractivity contribution is 0.0582. The molecule has 0 aliphatic carbocycles. The molecule has 0 atom stereocenters. The first-order valence-electron chi connectivity index (χ1n) is 4.91. The third kappa shape index (κ3) is 3.24. The first-order valence-corrected chi connectivity index (χ1v) is 6.39. The topological polar surface area (TPSA) is 107 Å². The maximum Gasteiger partial charge on any atom is 0.241 e. The van der Waals surface area contributed by atoms with Crippen molar-refractivity contribution in [3.8, 4) is 0 Å². The van der Waals surface area contributed by atoms with Gasteiger partial charge >= 0.3 is 0 Å². The number of hydrogen-bond donors (Lipinski definition) is 4. The monoisotopic (exact) mass is 261 g/mol. The van der Waals surface area contributed by atoms with E-state index in [1.54, 1.807) is 18.2 Å². The van der Waals surface area contributed by atoms with Gasteiger partial charge in [0, 0.05) is 0 Å². The molecule has 1 aromatic rings. The SMILES string of the molecule is O=S(=O)(NC(CO)(CO)CO)c1ccccc1. The van der Waals surface area contributed by atoms with Crippen molar-refractivity contribution in [1.29, 1.82) is 0 Å². The standard InChI is InChI=1S/C10H15NO5S/c12-6-10(7-13,8-14)11-17(15,16)9-4-2-1-3-5-9/h1-5,11-14H,6-8H2. The molecule has 0 aromatic heterocycles. The zero-order valence-electron chi connectivity index (χ0n) is 9.07. The number of benzene rings is 1. The number of nitrogens with one attached hydrogen (secondary N) is 1. The highest BCUT2D eigenvalue weighted by Crippen LogP contribution is 2.12. The van der Waals surface area contributed by atoms with Gasteiger partial charge in [-0.2, -0.15) is 4.72 Å². The Morgan fingerprint density at radius 3 is 1.88 bits per heavy atom. The Hall–Kier alpha value is -0.990. The molecule has 0 fully saturated rings. The van der Waals surface area contributed by atoms with E-state index in [0.29, 0.717) is 0 Å². The molecule has 96 valence electrons. The summed E-state index contributed by atoms with van der Waals surface area (Å²) in [6, 6.07) is 7.51. The summed E-state index contributed by atoms with van der Waals surface area (Å²) in [6.45, 7) is -2.11. The highest BCUT2D eigenvalue weighted by Gasteiger charge is 2.33. The lowest BCUT2D eigenvalue weighted by Gasteiger charge is -2.28. The summed E-state index contributed by atoms with van der Waals surface area (Å²) in [4.78, 5) is -0.000255. The Kier molecular flexibility index (Phi) is 4.61. The fraction of sp³-hybridized carbons (Fsp3) is 0.400. The summed E-state index contributed by atoms with van der Waals surface area (Å²) in [5.74, 6) is 0. The summed E-state index contributed by atoms with van der Waals surface area (Å²) < 4.78 is 25.9. The van der Waals surface area contributed by atoms with E-state index in [0.717, 1.165) is 0 Å². The van der Waals surface area contributed by atoms with Crippen LogP contribution in [0.1, 0.15) is 0 Å². The van der Waals surface area contributed by atoms with Gasteiger partial charge in [0.1, 0.15) is 5.54 Å². The normalized spacial score (nSPS) is 12.6. The zero-order chi connectivity index (χ0) is 12.9. The highest BCUT2D eigenvalue weighted by molar-refractivity contribution is 7.89. The molecule has 0 saturated heterocycles. The summed E-state index contributed by atoms with van der Waals surface area (Å²) in [5, 5.41) is 27.1. The van der Waals surface area contributed by atoms with Crippen LogP contribution in [-0.4, -0.2) is 49.1 Å². The third-order valence-electron chi connectivity index (χ3n) is 2.31. The smallest absolute Gasteiger partial charge is 0.241 e. The second kappa shape index (κ2) is 5.56. The van der Waals surface area contributed by atoms with Gasteiger partial charge in [-0.1, -0.05) is 18.2 Å². The van der Waals surface area contributed by atoms with Crippen LogP contribution in [-0.2, 0) is 10.0 Å². The maximum atomic E-state index is 11.9. The minimum absolute atomic E-state index is 0.000255. The molecule has 1 rings (SSSR count). The van der Waals surface area contributed by atoms with Gasteiger partial charge in [-0.25, -0.2) is 8.42 Å². The van der Waals surface area contributed by atoms with Gasteiger partial charge in [-0.15, -0.1) is 0 Å². The van der Waals surface area contributed by atoms with Crippen LogP contribution in [0.25, 0.3) is 0 Å². The lowest BCUT2D eigenvalue weighted by atomic mass is 10.1. The van der Waals surface area contributed by atoms with Crippen molar-refractivity contribution < 1.29 is 23.7 Å². The minimum atomic E-state index is -3.88. The van der Waals surface area contributed by atoms with Crippen molar-refractivity contribution in [3.63, 3.8) is 0 Å². The Morgan fingerprint density at radius 2 is 1.47 bits per heavy atom. The van der Waals surface area contributed by atoms with E-state index < -0.39 is 35.4 Å². The predicted octanol–water partition coefficient (Wildman–Crippen LogP) is -1.32. The summed E-state index contributed by atoms with van der Waals surface area (Å²) in [6.07, 6.45) is 0. The van der Waals surface area contributed by atoms with Gasteiger partial charge in [0.25, 0.3) is 0 Å². The molecule has 0 aliphatic heterocycles. The van der Waals surface area contributed by atoms with Crippen molar-refractivity contribution in [2.75, 3.05) is 19.8 Å². The first-order chi connectivity index (χ1) is 7.99. The Labute approximate surface area is 99.6 Å². The highest BCUT2D eigenvalue weighted by atomic mass is 32.2. The minimum Gasteiger partial charge on any atom is -0.394 e. The predicted molar refractivity (Wildman–Crippen MR) is 60.8 cm³/mol. The summed E-state index contributed by atoms with van der Waals surface area (Å²) >= 11 is 0. The van der Waals surface area contributed by atoms with E-state index in [-0.39, 0.29) is 4.90 Å². The van der Waals surface area contributed by atoms with E-state index >= 15 is 0 Å². The zero-order valence-corrected chi connectivity index (χ0v) is 9.89. The molecule has 0 heterocycles. The first kappa shape index (κ1) is 14.1. The molecule has 17 heavy (non-hydrogen) atoms. The quantitative estimate of drug-likeness (QED) is 0.508. The molecule has 0 bridgehead atoms. The van der Waals surface area contributed by atoms with Crippen LogP contribution < -0.4 is 4.72 Å². The third-order valence-corrected chi connectivity index (χ3v) is 3.91. The lowest BCUT2D eigenvalue weighted by Crippen LogP contribution is -2.56. The van der Waals surface area contributed by atoms with Gasteiger partial charge in [-0.05, 0) is 12.1 Å². The largest absolute Gasteiger partial charge is 0.394 e. The van der Waals surface area contributed by atoms with Crippen molar-refractivity contribution in [2.45, 2.75) is 10.4 Å². The second-order valence-electron chi connectivity index (χ2n) is 3.67. The van der Waals surface area contributed by atoms with E-state index in [1.807, 2.05) is 0 Å². The molecule has 4 N–H and O–H groups in total. The van der Waals surface area contributed by atoms with Crippen LogP contribution in [0.2, 0.25) is 0 Å². The van der Waals surface area contributed by atoms with E-state index in [2.05, 4.69) is 4.72 Å². The van der Waals surface area contributed by atoms with Crippen LogP contribution >= 0.6 is 0 Å². The van der Waals surface area contributed by atoms with Crippen LogP contribution in [0.5, 0.6) is 0 Å². The molecule has 0 radical (unpaired) electrons. The van der Waals surface area contributed by atoms with E-state index in [9.17, 15) is 8.42 Å². The molecule has 0 amide bonds. The van der Waals surface area contributed by atoms with Crippen molar-refractivity contribution in [1.82, 2.24) is 4.72 Å². The molecule has 0 aliphatic rings. The molecule has 6 nitrogen and oxygen atoms in total. The van der Waals surface area contributed by atoms with Crippen LogP contribution in [0.3, 0.4) is 0 Å². The number of rotatable bonds is 6. The summed E-state index contributed by atoms with van der Waals surface area (Å²) in [5.41, 5.74) is -1.66. The molecule has 1 aromatic carbocycles. The van der Waals surface area contributed by atoms with Crippen molar-refractivity contribution in [2.24, 2.45) is 0 Å². The summed E-state index contributed by atoms with van der Waals surface area (Å²) in [7, 11) is -3.88. The van der Waals surface area contributed by atoms with Crippen LogP contribution in [0, 0.1) is 0 Å². The van der Waals surface area contributed by atoms with E-state index in [4.69, 9.17) is 15.3 Å². The molecule has 0 spiro atoms. The van der Waals surface area contributed by atoms with E-state index in [1.165, 1.54) is 12.1 Å². The van der Waals surface area contributed by atoms with Crippen LogP contribution in [0.15, 0.2) is 35.2 Å². The second-order valence-corrected chi connectivity index (χ2v) is 5.36. The average molecular weight is 261 g/mol. The van der Waals surface area contributed by atoms with Gasteiger partial charge < -0.3 is 15.3 Å². The van der Waals surface area contributed by atoms with Gasteiger partial charge in [-0.3, -0.25) is 0 Å². The Bertz CT molecular complexity index is 433. The molecule has 0 unspecified atom stereocenters. The molecular formula is C10H15NO5S. The Morgan fingerprint density at radius 1 is 1.00 bits per heavy atom. The van der Waals surface area contributed by atoms with Crippen LogP contribution in [0.4, 0.5) is 0 Å². The van der Waals surface area contributed by atoms with Gasteiger partial charge in [0.05, 0.1) is 24.7 Å². The Balaban J connectivity index is 3.01. The van der Waals surface area contributed by atoms with Crippen molar-refractivity contribution in [3.05, 3.63) is 30.3 Å². The van der Waals surface area contributed by atoms with Gasteiger partial charge in [0.15, 0.2) is 0 Å². The number of hydrogen-bond acceptors (Lipinski definition) is 5. The molecule has 0 saturated carbocycles. The molecular weight excluding hydrogens is 246 g/mol. The maximum absolute atomic E-state index is 11.9. The number of sulfonamides is 1. The number of aliphatic hydroxyl groups is 3.